The Kier molecular flexibility index (Phi) is 6.79. The Balaban J connectivity index is 1.67. The number of carbonyl (C=O) groups is 2. The zero-order valence-corrected chi connectivity index (χ0v) is 16.3. The van der Waals surface area contributed by atoms with E-state index in [2.05, 4.69) is 5.32 Å². The Morgan fingerprint density at radius 3 is 1.90 bits per heavy atom. The molecule has 0 aliphatic heterocycles. The van der Waals surface area contributed by atoms with Gasteiger partial charge in [0.2, 0.25) is 0 Å². The number of carbonyl (C=O) groups excluding carboxylic acids is 2. The molecular formula is C23H22N2O5. The molecule has 7 nitrogen and oxygen atoms in total. The van der Waals surface area contributed by atoms with Crippen molar-refractivity contribution in [1.82, 2.24) is 10.8 Å². The lowest BCUT2D eigenvalue weighted by atomic mass is 10.0. The van der Waals surface area contributed by atoms with Crippen LogP contribution in [0, 0.1) is 0 Å². The van der Waals surface area contributed by atoms with Crippen LogP contribution < -0.4 is 15.5 Å². The lowest BCUT2D eigenvalue weighted by Crippen LogP contribution is -2.51. The average Bonchev–Trinajstić information content (AvgIpc) is 2.78. The van der Waals surface area contributed by atoms with Gasteiger partial charge in [-0.05, 0) is 54.4 Å². The number of para-hydroxylation sites is 1. The molecule has 0 unspecified atom stereocenters. The Hall–Kier alpha value is -3.68. The van der Waals surface area contributed by atoms with Crippen molar-refractivity contribution in [3.05, 3.63) is 84.4 Å². The molecule has 0 radical (unpaired) electrons. The predicted octanol–water partition coefficient (Wildman–Crippen LogP) is 3.13. The van der Waals surface area contributed by atoms with Crippen molar-refractivity contribution in [1.29, 1.82) is 0 Å². The maximum Gasteiger partial charge on any atom is 0.268 e. The summed E-state index contributed by atoms with van der Waals surface area (Å²) in [5.74, 6) is 0.0358. The minimum Gasteiger partial charge on any atom is -0.457 e. The number of rotatable bonds is 7. The van der Waals surface area contributed by atoms with Crippen LogP contribution in [0.4, 0.5) is 0 Å². The SMILES string of the molecule is C[C@@H](O)[C@H](NC(=O)c1ccc(-c2ccc(Oc3ccccc3)cc2)cc1)C(=O)NO. The molecule has 7 heteroatoms. The minimum absolute atomic E-state index is 0.319. The number of aliphatic hydroxyl groups is 1. The highest BCUT2D eigenvalue weighted by atomic mass is 16.5. The lowest BCUT2D eigenvalue weighted by Gasteiger charge is -2.19. The van der Waals surface area contributed by atoms with Crippen molar-refractivity contribution < 1.29 is 24.6 Å². The first-order chi connectivity index (χ1) is 14.5. The van der Waals surface area contributed by atoms with Crippen molar-refractivity contribution >= 4 is 11.8 Å². The van der Waals surface area contributed by atoms with Crippen LogP contribution in [0.25, 0.3) is 11.1 Å². The molecule has 0 saturated carbocycles. The van der Waals surface area contributed by atoms with Gasteiger partial charge in [-0.15, -0.1) is 0 Å². The first-order valence-corrected chi connectivity index (χ1v) is 9.34. The van der Waals surface area contributed by atoms with Crippen molar-refractivity contribution in [2.45, 2.75) is 19.1 Å². The summed E-state index contributed by atoms with van der Waals surface area (Å²) >= 11 is 0. The molecule has 0 bridgehead atoms. The molecule has 2 atom stereocenters. The number of hydrogen-bond donors (Lipinski definition) is 4. The van der Waals surface area contributed by atoms with Crippen LogP contribution in [0.2, 0.25) is 0 Å². The predicted molar refractivity (Wildman–Crippen MR) is 111 cm³/mol. The fourth-order valence-electron chi connectivity index (χ4n) is 2.85. The Morgan fingerprint density at radius 2 is 1.37 bits per heavy atom. The van der Waals surface area contributed by atoms with Gasteiger partial charge < -0.3 is 15.2 Å². The van der Waals surface area contributed by atoms with Crippen LogP contribution in [-0.2, 0) is 4.79 Å². The molecule has 154 valence electrons. The number of amides is 2. The topological polar surface area (TPSA) is 108 Å². The second-order valence-corrected chi connectivity index (χ2v) is 6.68. The largest absolute Gasteiger partial charge is 0.457 e. The minimum atomic E-state index is -1.26. The van der Waals surface area contributed by atoms with E-state index in [1.807, 2.05) is 54.6 Å². The summed E-state index contributed by atoms with van der Waals surface area (Å²) in [5.41, 5.74) is 3.60. The summed E-state index contributed by atoms with van der Waals surface area (Å²) in [5, 5.41) is 20.7. The second kappa shape index (κ2) is 9.69. The Bertz CT molecular complexity index is 986. The zero-order valence-electron chi connectivity index (χ0n) is 16.3. The zero-order chi connectivity index (χ0) is 21.5. The first-order valence-electron chi connectivity index (χ1n) is 9.34. The van der Waals surface area contributed by atoms with Gasteiger partial charge in [-0.3, -0.25) is 14.8 Å². The molecule has 30 heavy (non-hydrogen) atoms. The maximum absolute atomic E-state index is 12.3. The second-order valence-electron chi connectivity index (χ2n) is 6.68. The van der Waals surface area contributed by atoms with Crippen LogP contribution in [-0.4, -0.2) is 34.3 Å². The monoisotopic (exact) mass is 406 g/mol. The van der Waals surface area contributed by atoms with E-state index in [-0.39, 0.29) is 0 Å². The van der Waals surface area contributed by atoms with Gasteiger partial charge in [0.05, 0.1) is 6.10 Å². The van der Waals surface area contributed by atoms with E-state index in [9.17, 15) is 14.7 Å². The summed E-state index contributed by atoms with van der Waals surface area (Å²) in [6, 6.07) is 22.6. The molecule has 0 fully saturated rings. The smallest absolute Gasteiger partial charge is 0.268 e. The van der Waals surface area contributed by atoms with Gasteiger partial charge >= 0.3 is 0 Å². The van der Waals surface area contributed by atoms with Gasteiger partial charge in [0.15, 0.2) is 0 Å². The molecule has 2 amide bonds. The number of aliphatic hydroxyl groups excluding tert-OH is 1. The van der Waals surface area contributed by atoms with Gasteiger partial charge in [-0.1, -0.05) is 42.5 Å². The molecule has 3 aromatic carbocycles. The molecule has 3 aromatic rings. The van der Waals surface area contributed by atoms with E-state index in [0.717, 1.165) is 16.9 Å². The molecular weight excluding hydrogens is 384 g/mol. The third kappa shape index (κ3) is 5.22. The highest BCUT2D eigenvalue weighted by Gasteiger charge is 2.25. The molecule has 0 heterocycles. The molecule has 0 spiro atoms. The molecule has 0 aliphatic carbocycles. The standard InChI is InChI=1S/C23H22N2O5/c1-15(26)21(23(28)25-29)24-22(27)18-9-7-16(8-10-18)17-11-13-20(14-12-17)30-19-5-3-2-4-6-19/h2-15,21,26,29H,1H3,(H,24,27)(H,25,28)/t15-,21+/m1/s1. The Morgan fingerprint density at radius 1 is 0.833 bits per heavy atom. The fourth-order valence-corrected chi connectivity index (χ4v) is 2.85. The number of nitrogens with one attached hydrogen (secondary N) is 2. The van der Waals surface area contributed by atoms with Gasteiger partial charge in [-0.2, -0.15) is 0 Å². The average molecular weight is 406 g/mol. The highest BCUT2D eigenvalue weighted by molar-refractivity contribution is 5.97. The van der Waals surface area contributed by atoms with Gasteiger partial charge in [0.1, 0.15) is 17.5 Å². The van der Waals surface area contributed by atoms with Crippen molar-refractivity contribution in [2.24, 2.45) is 0 Å². The maximum atomic E-state index is 12.3. The van der Waals surface area contributed by atoms with Crippen molar-refractivity contribution in [2.75, 3.05) is 0 Å². The van der Waals surface area contributed by atoms with Gasteiger partial charge in [-0.25, -0.2) is 5.48 Å². The van der Waals surface area contributed by atoms with E-state index >= 15 is 0 Å². The number of benzene rings is 3. The van der Waals surface area contributed by atoms with E-state index in [4.69, 9.17) is 9.94 Å². The van der Waals surface area contributed by atoms with E-state index in [0.29, 0.717) is 11.3 Å². The van der Waals surface area contributed by atoms with E-state index < -0.39 is 24.0 Å². The molecule has 4 N–H and O–H groups in total. The number of ether oxygens (including phenoxy) is 1. The quantitative estimate of drug-likeness (QED) is 0.356. The number of hydroxylamine groups is 1. The van der Waals surface area contributed by atoms with Crippen molar-refractivity contribution in [3.63, 3.8) is 0 Å². The third-order valence-electron chi connectivity index (χ3n) is 4.48. The van der Waals surface area contributed by atoms with E-state index in [1.165, 1.54) is 12.4 Å². The molecule has 0 aromatic heterocycles. The molecule has 3 rings (SSSR count). The summed E-state index contributed by atoms with van der Waals surface area (Å²) in [6.07, 6.45) is -1.17. The highest BCUT2D eigenvalue weighted by Crippen LogP contribution is 2.26. The molecule has 0 saturated heterocycles. The van der Waals surface area contributed by atoms with Crippen LogP contribution in [0.3, 0.4) is 0 Å². The van der Waals surface area contributed by atoms with Crippen molar-refractivity contribution in [3.8, 4) is 22.6 Å². The van der Waals surface area contributed by atoms with Gasteiger partial charge in [0, 0.05) is 5.56 Å². The van der Waals surface area contributed by atoms with Gasteiger partial charge in [0.25, 0.3) is 11.8 Å². The molecule has 0 aliphatic rings. The third-order valence-corrected chi connectivity index (χ3v) is 4.48. The lowest BCUT2D eigenvalue weighted by molar-refractivity contribution is -0.133. The number of hydrogen-bond acceptors (Lipinski definition) is 5. The van der Waals surface area contributed by atoms with Crippen LogP contribution in [0.1, 0.15) is 17.3 Å². The first kappa shape index (κ1) is 21.0. The van der Waals surface area contributed by atoms with Crippen LogP contribution in [0.5, 0.6) is 11.5 Å². The Labute approximate surface area is 173 Å². The van der Waals surface area contributed by atoms with Crippen LogP contribution in [0.15, 0.2) is 78.9 Å². The summed E-state index contributed by atoms with van der Waals surface area (Å²) < 4.78 is 5.78. The normalized spacial score (nSPS) is 12.5. The van der Waals surface area contributed by atoms with E-state index in [1.54, 1.807) is 24.3 Å². The summed E-state index contributed by atoms with van der Waals surface area (Å²) in [4.78, 5) is 23.9. The summed E-state index contributed by atoms with van der Waals surface area (Å²) in [7, 11) is 0. The van der Waals surface area contributed by atoms with Crippen LogP contribution >= 0.6 is 0 Å². The summed E-state index contributed by atoms with van der Waals surface area (Å²) in [6.45, 7) is 1.34. The fraction of sp³-hybridized carbons (Fsp3) is 0.130.